The molecule has 0 radical (unpaired) electrons. The molecule has 1 aliphatic carbocycles. The molecule has 1 aromatic carbocycles. The fraction of sp³-hybridized carbons (Fsp3) is 0.125. The highest BCUT2D eigenvalue weighted by molar-refractivity contribution is 7.09. The normalized spacial score (nSPS) is 23.3. The van der Waals surface area contributed by atoms with Gasteiger partial charge < -0.3 is 0 Å². The molecular formula is C16H13NOS. The van der Waals surface area contributed by atoms with E-state index in [4.69, 9.17) is 0 Å². The van der Waals surface area contributed by atoms with Gasteiger partial charge in [-0.05, 0) is 29.7 Å². The lowest BCUT2D eigenvalue weighted by molar-refractivity contribution is -0.104. The summed E-state index contributed by atoms with van der Waals surface area (Å²) in [7, 11) is 0. The smallest absolute Gasteiger partial charge is 0.143 e. The first-order chi connectivity index (χ1) is 9.26. The molecule has 0 N–H and O–H groups in total. The summed E-state index contributed by atoms with van der Waals surface area (Å²) in [4.78, 5) is 15.4. The van der Waals surface area contributed by atoms with E-state index < -0.39 is 0 Å². The van der Waals surface area contributed by atoms with Crippen molar-refractivity contribution in [2.24, 2.45) is 0 Å². The van der Waals surface area contributed by atoms with Crippen molar-refractivity contribution in [2.75, 3.05) is 0 Å². The highest BCUT2D eigenvalue weighted by atomic mass is 32.1. The second-order valence-corrected chi connectivity index (χ2v) is 5.54. The van der Waals surface area contributed by atoms with Crippen LogP contribution in [0.5, 0.6) is 0 Å². The van der Waals surface area contributed by atoms with E-state index in [0.717, 1.165) is 16.9 Å². The first-order valence-electron chi connectivity index (χ1n) is 6.10. The van der Waals surface area contributed by atoms with Gasteiger partial charge in [-0.25, -0.2) is 4.98 Å². The predicted octanol–water partition coefficient (Wildman–Crippen LogP) is 3.60. The minimum absolute atomic E-state index is 0.347. The van der Waals surface area contributed by atoms with E-state index in [2.05, 4.69) is 30.1 Å². The van der Waals surface area contributed by atoms with Crippen molar-refractivity contribution in [3.05, 3.63) is 69.7 Å². The van der Waals surface area contributed by atoms with E-state index >= 15 is 0 Å². The molecule has 1 unspecified atom stereocenters. The Hall–Kier alpha value is -2.00. The Labute approximate surface area is 116 Å². The molecule has 2 nitrogen and oxygen atoms in total. The third kappa shape index (κ3) is 1.78. The minimum atomic E-state index is -0.347. The quantitative estimate of drug-likeness (QED) is 0.614. The molecular weight excluding hydrogens is 254 g/mol. The number of thiazole rings is 1. The number of rotatable bonds is 2. The largest absolute Gasteiger partial charge is 0.299 e. The van der Waals surface area contributed by atoms with Crippen molar-refractivity contribution in [1.82, 2.24) is 4.98 Å². The maximum atomic E-state index is 10.9. The van der Waals surface area contributed by atoms with Gasteiger partial charge in [0, 0.05) is 11.6 Å². The first-order valence-corrected chi connectivity index (χ1v) is 6.98. The van der Waals surface area contributed by atoms with Crippen LogP contribution in [0.25, 0.3) is 6.08 Å². The van der Waals surface area contributed by atoms with Crippen molar-refractivity contribution in [1.29, 1.82) is 0 Å². The van der Waals surface area contributed by atoms with E-state index in [9.17, 15) is 4.79 Å². The van der Waals surface area contributed by atoms with Gasteiger partial charge in [-0.2, -0.15) is 0 Å². The Morgan fingerprint density at radius 2 is 2.11 bits per heavy atom. The highest BCUT2D eigenvalue weighted by Gasteiger charge is 2.37. The number of aromatic nitrogens is 1. The van der Waals surface area contributed by atoms with Crippen molar-refractivity contribution < 1.29 is 4.79 Å². The molecule has 1 aromatic heterocycles. The molecule has 0 saturated heterocycles. The van der Waals surface area contributed by atoms with Gasteiger partial charge in [0.2, 0.25) is 0 Å². The zero-order valence-electron chi connectivity index (χ0n) is 10.5. The average molecular weight is 267 g/mol. The van der Waals surface area contributed by atoms with Crippen LogP contribution in [-0.2, 0) is 10.2 Å². The number of benzene rings is 1. The standard InChI is InChI=1S/C16H13NOS/c1-16(15-17-9-11-19-15)13(8-10-18)7-6-12-4-2-3-5-14(12)16/h2-11H,1H3. The Kier molecular flexibility index (Phi) is 2.91. The minimum Gasteiger partial charge on any atom is -0.299 e. The fourth-order valence-corrected chi connectivity index (χ4v) is 3.44. The van der Waals surface area contributed by atoms with Crippen LogP contribution in [-0.4, -0.2) is 11.3 Å². The SMILES string of the molecule is CC1(c2nccs2)C(=CC=O)C=Cc2ccccc21. The summed E-state index contributed by atoms with van der Waals surface area (Å²) in [6, 6.07) is 8.26. The Morgan fingerprint density at radius 1 is 1.26 bits per heavy atom. The Balaban J connectivity index is 2.30. The molecule has 0 bridgehead atoms. The second-order valence-electron chi connectivity index (χ2n) is 4.64. The molecule has 1 aliphatic rings. The summed E-state index contributed by atoms with van der Waals surface area (Å²) >= 11 is 1.62. The monoisotopic (exact) mass is 267 g/mol. The van der Waals surface area contributed by atoms with E-state index in [1.54, 1.807) is 17.4 Å². The zero-order chi connectivity index (χ0) is 13.3. The summed E-state index contributed by atoms with van der Waals surface area (Å²) in [5.41, 5.74) is 3.01. The lowest BCUT2D eigenvalue weighted by atomic mass is 9.71. The van der Waals surface area contributed by atoms with Crippen molar-refractivity contribution >= 4 is 23.7 Å². The van der Waals surface area contributed by atoms with Crippen molar-refractivity contribution in [2.45, 2.75) is 12.3 Å². The number of fused-ring (bicyclic) bond motifs is 1. The summed E-state index contributed by atoms with van der Waals surface area (Å²) in [6.45, 7) is 2.13. The molecule has 0 amide bonds. The summed E-state index contributed by atoms with van der Waals surface area (Å²) < 4.78 is 0. The van der Waals surface area contributed by atoms with Crippen LogP contribution in [0.3, 0.4) is 0 Å². The number of carbonyl (C=O) groups is 1. The van der Waals surface area contributed by atoms with Gasteiger partial charge in [0.1, 0.15) is 11.3 Å². The molecule has 0 aliphatic heterocycles. The number of allylic oxidation sites excluding steroid dienone is 3. The van der Waals surface area contributed by atoms with E-state index in [0.29, 0.717) is 0 Å². The van der Waals surface area contributed by atoms with Crippen LogP contribution in [0.2, 0.25) is 0 Å². The van der Waals surface area contributed by atoms with Gasteiger partial charge in [-0.3, -0.25) is 4.79 Å². The van der Waals surface area contributed by atoms with Crippen LogP contribution in [0.1, 0.15) is 23.1 Å². The number of carbonyl (C=O) groups excluding carboxylic acids is 1. The summed E-state index contributed by atoms with van der Waals surface area (Å²) in [6.07, 6.45) is 8.36. The van der Waals surface area contributed by atoms with Gasteiger partial charge in [-0.1, -0.05) is 36.4 Å². The summed E-state index contributed by atoms with van der Waals surface area (Å²) in [5, 5.41) is 2.98. The Morgan fingerprint density at radius 3 is 2.84 bits per heavy atom. The maximum absolute atomic E-state index is 10.9. The molecule has 3 rings (SSSR count). The fourth-order valence-electron chi connectivity index (χ4n) is 2.60. The third-order valence-corrected chi connectivity index (χ3v) is 4.62. The van der Waals surface area contributed by atoms with E-state index in [1.807, 2.05) is 29.8 Å². The molecule has 1 heterocycles. The molecule has 2 aromatic rings. The van der Waals surface area contributed by atoms with Gasteiger partial charge in [0.15, 0.2) is 0 Å². The predicted molar refractivity (Wildman–Crippen MR) is 78.2 cm³/mol. The average Bonchev–Trinajstić information content (AvgIpc) is 2.97. The van der Waals surface area contributed by atoms with Gasteiger partial charge in [-0.15, -0.1) is 11.3 Å². The Bertz CT molecular complexity index is 670. The van der Waals surface area contributed by atoms with Gasteiger partial charge >= 0.3 is 0 Å². The zero-order valence-corrected chi connectivity index (χ0v) is 11.4. The number of hydrogen-bond donors (Lipinski definition) is 0. The number of nitrogens with zero attached hydrogens (tertiary/aromatic N) is 1. The van der Waals surface area contributed by atoms with E-state index in [1.165, 1.54) is 11.1 Å². The summed E-state index contributed by atoms with van der Waals surface area (Å²) in [5.74, 6) is 0. The maximum Gasteiger partial charge on any atom is 0.143 e. The van der Waals surface area contributed by atoms with Crippen LogP contribution < -0.4 is 0 Å². The van der Waals surface area contributed by atoms with Crippen molar-refractivity contribution in [3.63, 3.8) is 0 Å². The van der Waals surface area contributed by atoms with Gasteiger partial charge in [0.25, 0.3) is 0 Å². The van der Waals surface area contributed by atoms with Crippen LogP contribution in [0, 0.1) is 0 Å². The van der Waals surface area contributed by atoms with Crippen LogP contribution in [0.4, 0.5) is 0 Å². The van der Waals surface area contributed by atoms with Crippen LogP contribution in [0.15, 0.2) is 53.6 Å². The molecule has 19 heavy (non-hydrogen) atoms. The molecule has 0 fully saturated rings. The van der Waals surface area contributed by atoms with Crippen molar-refractivity contribution in [3.8, 4) is 0 Å². The lowest BCUT2D eigenvalue weighted by Gasteiger charge is -2.33. The molecule has 0 saturated carbocycles. The highest BCUT2D eigenvalue weighted by Crippen LogP contribution is 2.44. The van der Waals surface area contributed by atoms with E-state index in [-0.39, 0.29) is 5.41 Å². The number of aldehydes is 1. The molecule has 94 valence electrons. The lowest BCUT2D eigenvalue weighted by Crippen LogP contribution is -2.28. The second kappa shape index (κ2) is 4.59. The molecule has 0 spiro atoms. The molecule has 3 heteroatoms. The molecule has 1 atom stereocenters. The van der Waals surface area contributed by atoms with Gasteiger partial charge in [0.05, 0.1) is 5.41 Å². The third-order valence-electron chi connectivity index (χ3n) is 3.63. The van der Waals surface area contributed by atoms with Crippen LogP contribution >= 0.6 is 11.3 Å². The number of hydrogen-bond acceptors (Lipinski definition) is 3. The topological polar surface area (TPSA) is 30.0 Å². The first kappa shape index (κ1) is 12.1.